The highest BCUT2D eigenvalue weighted by molar-refractivity contribution is 5.75. The van der Waals surface area contributed by atoms with E-state index in [1.807, 2.05) is 0 Å². The Balaban J connectivity index is 2.08. The SMILES string of the molecule is Cc1cc(COc2cc(F)cc(C=O)c2)no1. The fraction of sp³-hybridized carbons (Fsp3) is 0.167. The van der Waals surface area contributed by atoms with Crippen LogP contribution in [0.5, 0.6) is 5.75 Å². The average molecular weight is 235 g/mol. The van der Waals surface area contributed by atoms with Gasteiger partial charge < -0.3 is 9.26 Å². The smallest absolute Gasteiger partial charge is 0.150 e. The molecule has 0 unspecified atom stereocenters. The lowest BCUT2D eigenvalue weighted by Gasteiger charge is -2.04. The molecule has 1 heterocycles. The van der Waals surface area contributed by atoms with Crippen molar-refractivity contribution in [2.24, 2.45) is 0 Å². The number of aromatic nitrogens is 1. The Bertz CT molecular complexity index is 536. The molecule has 0 radical (unpaired) electrons. The molecule has 0 amide bonds. The van der Waals surface area contributed by atoms with Crippen molar-refractivity contribution in [1.82, 2.24) is 5.16 Å². The molecule has 1 aromatic carbocycles. The van der Waals surface area contributed by atoms with E-state index in [-0.39, 0.29) is 17.9 Å². The molecule has 0 saturated carbocycles. The van der Waals surface area contributed by atoms with Crippen LogP contribution >= 0.6 is 0 Å². The zero-order valence-electron chi connectivity index (χ0n) is 9.14. The second-order valence-corrected chi connectivity index (χ2v) is 3.56. The fourth-order valence-corrected chi connectivity index (χ4v) is 1.38. The Morgan fingerprint density at radius 2 is 2.24 bits per heavy atom. The summed E-state index contributed by atoms with van der Waals surface area (Å²) in [6.45, 7) is 1.93. The molecular formula is C12H10FNO3. The Morgan fingerprint density at radius 3 is 2.88 bits per heavy atom. The van der Waals surface area contributed by atoms with Gasteiger partial charge in [0, 0.05) is 17.7 Å². The number of benzene rings is 1. The number of hydrogen-bond acceptors (Lipinski definition) is 4. The summed E-state index contributed by atoms with van der Waals surface area (Å²) in [5.41, 5.74) is 0.843. The third-order valence-corrected chi connectivity index (χ3v) is 2.09. The van der Waals surface area contributed by atoms with Gasteiger partial charge in [-0.1, -0.05) is 5.16 Å². The van der Waals surface area contributed by atoms with Crippen molar-refractivity contribution in [3.05, 3.63) is 47.1 Å². The Morgan fingerprint density at radius 1 is 1.41 bits per heavy atom. The van der Waals surface area contributed by atoms with Gasteiger partial charge in [-0.15, -0.1) is 0 Å². The first-order chi connectivity index (χ1) is 8.17. The summed E-state index contributed by atoms with van der Waals surface area (Å²) < 4.78 is 23.2. The van der Waals surface area contributed by atoms with E-state index >= 15 is 0 Å². The maximum Gasteiger partial charge on any atom is 0.150 e. The van der Waals surface area contributed by atoms with Crippen LogP contribution in [0.3, 0.4) is 0 Å². The molecule has 0 aliphatic carbocycles. The number of hydrogen-bond donors (Lipinski definition) is 0. The Kier molecular flexibility index (Phi) is 3.18. The van der Waals surface area contributed by atoms with Gasteiger partial charge in [-0.05, 0) is 19.1 Å². The molecular weight excluding hydrogens is 225 g/mol. The van der Waals surface area contributed by atoms with E-state index in [1.165, 1.54) is 12.1 Å². The highest BCUT2D eigenvalue weighted by atomic mass is 19.1. The van der Waals surface area contributed by atoms with Crippen LogP contribution < -0.4 is 4.74 Å². The quantitative estimate of drug-likeness (QED) is 0.764. The van der Waals surface area contributed by atoms with Crippen molar-refractivity contribution in [3.8, 4) is 5.75 Å². The van der Waals surface area contributed by atoms with Crippen LogP contribution in [0.4, 0.5) is 4.39 Å². The first-order valence-electron chi connectivity index (χ1n) is 4.98. The van der Waals surface area contributed by atoms with E-state index in [9.17, 15) is 9.18 Å². The van der Waals surface area contributed by atoms with Crippen molar-refractivity contribution >= 4 is 6.29 Å². The van der Waals surface area contributed by atoms with Gasteiger partial charge in [-0.2, -0.15) is 0 Å². The molecule has 88 valence electrons. The molecule has 1 aromatic heterocycles. The van der Waals surface area contributed by atoms with E-state index in [1.54, 1.807) is 13.0 Å². The van der Waals surface area contributed by atoms with Gasteiger partial charge in [0.05, 0.1) is 0 Å². The number of carbonyl (C=O) groups excluding carboxylic acids is 1. The third kappa shape index (κ3) is 2.90. The number of rotatable bonds is 4. The van der Waals surface area contributed by atoms with Crippen LogP contribution in [0.25, 0.3) is 0 Å². The lowest BCUT2D eigenvalue weighted by atomic mass is 10.2. The van der Waals surface area contributed by atoms with E-state index in [0.29, 0.717) is 17.7 Å². The van der Waals surface area contributed by atoms with E-state index in [4.69, 9.17) is 9.26 Å². The molecule has 5 heteroatoms. The van der Waals surface area contributed by atoms with Crippen LogP contribution in [0.15, 0.2) is 28.8 Å². The normalized spacial score (nSPS) is 10.2. The highest BCUT2D eigenvalue weighted by Crippen LogP contribution is 2.16. The molecule has 0 aliphatic heterocycles. The number of ether oxygens (including phenoxy) is 1. The standard InChI is InChI=1S/C12H10FNO3/c1-8-2-11(14-17-8)7-16-12-4-9(6-15)3-10(13)5-12/h2-6H,7H2,1H3. The molecule has 0 bridgehead atoms. The van der Waals surface area contributed by atoms with Gasteiger partial charge in [0.25, 0.3) is 0 Å². The molecule has 0 spiro atoms. The summed E-state index contributed by atoms with van der Waals surface area (Å²) >= 11 is 0. The fourth-order valence-electron chi connectivity index (χ4n) is 1.38. The van der Waals surface area contributed by atoms with E-state index < -0.39 is 5.82 Å². The van der Waals surface area contributed by atoms with E-state index in [0.717, 1.165) is 6.07 Å². The molecule has 0 aliphatic rings. The van der Waals surface area contributed by atoms with Crippen LogP contribution in [0.1, 0.15) is 21.8 Å². The molecule has 2 rings (SSSR count). The number of aldehydes is 1. The number of nitrogens with zero attached hydrogens (tertiary/aromatic N) is 1. The predicted octanol–water partition coefficient (Wildman–Crippen LogP) is 2.51. The minimum atomic E-state index is -0.513. The van der Waals surface area contributed by atoms with Crippen molar-refractivity contribution in [2.45, 2.75) is 13.5 Å². The molecule has 0 atom stereocenters. The summed E-state index contributed by atoms with van der Waals surface area (Å²) in [5, 5.41) is 3.73. The maximum absolute atomic E-state index is 13.1. The minimum absolute atomic E-state index is 0.166. The molecule has 0 N–H and O–H groups in total. The lowest BCUT2D eigenvalue weighted by Crippen LogP contribution is -1.97. The Labute approximate surface area is 97.0 Å². The second kappa shape index (κ2) is 4.78. The summed E-state index contributed by atoms with van der Waals surface area (Å²) in [7, 11) is 0. The second-order valence-electron chi connectivity index (χ2n) is 3.56. The van der Waals surface area contributed by atoms with E-state index in [2.05, 4.69) is 5.16 Å². The largest absolute Gasteiger partial charge is 0.487 e. The van der Waals surface area contributed by atoms with Crippen LogP contribution in [-0.2, 0) is 6.61 Å². The summed E-state index contributed by atoms with van der Waals surface area (Å²) in [5.74, 6) is 0.449. The van der Waals surface area contributed by atoms with Crippen LogP contribution in [0.2, 0.25) is 0 Å². The maximum atomic E-state index is 13.1. The minimum Gasteiger partial charge on any atom is -0.487 e. The molecule has 4 nitrogen and oxygen atoms in total. The molecule has 2 aromatic rings. The van der Waals surface area contributed by atoms with Gasteiger partial charge in [0.1, 0.15) is 35.9 Å². The van der Waals surface area contributed by atoms with Crippen molar-refractivity contribution in [3.63, 3.8) is 0 Å². The monoisotopic (exact) mass is 235 g/mol. The van der Waals surface area contributed by atoms with Gasteiger partial charge >= 0.3 is 0 Å². The van der Waals surface area contributed by atoms with Crippen LogP contribution in [0, 0.1) is 12.7 Å². The molecule has 0 saturated heterocycles. The summed E-state index contributed by atoms with van der Waals surface area (Å²) in [6, 6.07) is 5.53. The van der Waals surface area contributed by atoms with Gasteiger partial charge in [-0.3, -0.25) is 4.79 Å². The number of aryl methyl sites for hydroxylation is 1. The van der Waals surface area contributed by atoms with Gasteiger partial charge in [-0.25, -0.2) is 4.39 Å². The summed E-state index contributed by atoms with van der Waals surface area (Å²) in [4.78, 5) is 10.5. The number of carbonyl (C=O) groups is 1. The van der Waals surface area contributed by atoms with Crippen LogP contribution in [-0.4, -0.2) is 11.4 Å². The van der Waals surface area contributed by atoms with Crippen molar-refractivity contribution in [1.29, 1.82) is 0 Å². The van der Waals surface area contributed by atoms with Crippen molar-refractivity contribution < 1.29 is 18.4 Å². The molecule has 17 heavy (non-hydrogen) atoms. The summed E-state index contributed by atoms with van der Waals surface area (Å²) in [6.07, 6.45) is 0.566. The first kappa shape index (κ1) is 11.3. The predicted molar refractivity (Wildman–Crippen MR) is 57.4 cm³/mol. The number of halogens is 1. The molecule has 0 fully saturated rings. The zero-order chi connectivity index (χ0) is 12.3. The van der Waals surface area contributed by atoms with Gasteiger partial charge in [0.2, 0.25) is 0 Å². The first-order valence-corrected chi connectivity index (χ1v) is 4.98. The average Bonchev–Trinajstić information content (AvgIpc) is 2.72. The zero-order valence-corrected chi connectivity index (χ0v) is 9.14. The topological polar surface area (TPSA) is 52.3 Å². The van der Waals surface area contributed by atoms with Crippen molar-refractivity contribution in [2.75, 3.05) is 0 Å². The third-order valence-electron chi connectivity index (χ3n) is 2.09. The van der Waals surface area contributed by atoms with Gasteiger partial charge in [0.15, 0.2) is 0 Å². The Hall–Kier alpha value is -2.17. The lowest BCUT2D eigenvalue weighted by molar-refractivity contribution is 0.112. The highest BCUT2D eigenvalue weighted by Gasteiger charge is 2.04.